The lowest BCUT2D eigenvalue weighted by atomic mass is 10.0. The molecular weight excluding hydrogens is 283 g/mol. The summed E-state index contributed by atoms with van der Waals surface area (Å²) in [6.07, 6.45) is 20.8. The third-order valence-electron chi connectivity index (χ3n) is 3.09. The zero-order valence-electron chi connectivity index (χ0n) is 13.8. The van der Waals surface area contributed by atoms with E-state index in [1.54, 1.807) is 6.08 Å². The smallest absolute Gasteiger partial charge is 0.00947 e. The van der Waals surface area contributed by atoms with E-state index in [9.17, 15) is 0 Å². The molecule has 0 aliphatic carbocycles. The van der Waals surface area contributed by atoms with Crippen LogP contribution in [0.1, 0.15) is 26.2 Å². The summed E-state index contributed by atoms with van der Waals surface area (Å²) < 4.78 is 0. The number of hydrogen-bond acceptors (Lipinski definition) is 0. The SMILES string of the molecule is C=C/C=C\CC(C=C)=CCC(C=C)=CCC(C=C)=CC(C)P. The lowest BCUT2D eigenvalue weighted by Crippen LogP contribution is -1.87. The van der Waals surface area contributed by atoms with E-state index in [-0.39, 0.29) is 0 Å². The maximum Gasteiger partial charge on any atom is -0.00947 e. The largest absolute Gasteiger partial charge is 0.131 e. The van der Waals surface area contributed by atoms with Crippen molar-refractivity contribution in [1.29, 1.82) is 0 Å². The van der Waals surface area contributed by atoms with Gasteiger partial charge >= 0.3 is 0 Å². The molecule has 0 spiro atoms. The van der Waals surface area contributed by atoms with Crippen molar-refractivity contribution in [2.45, 2.75) is 31.8 Å². The quantitative estimate of drug-likeness (QED) is 0.302. The van der Waals surface area contributed by atoms with Crippen molar-refractivity contribution in [3.8, 4) is 0 Å². The maximum absolute atomic E-state index is 3.90. The van der Waals surface area contributed by atoms with Gasteiger partial charge in [-0.1, -0.05) is 87.9 Å². The Hall–Kier alpha value is -1.65. The summed E-state index contributed by atoms with van der Waals surface area (Å²) in [5.41, 5.74) is 4.13. The summed E-state index contributed by atoms with van der Waals surface area (Å²) in [5, 5.41) is 0. The van der Waals surface area contributed by atoms with Crippen molar-refractivity contribution in [3.05, 3.63) is 97.7 Å². The van der Waals surface area contributed by atoms with Crippen LogP contribution in [-0.4, -0.2) is 5.66 Å². The van der Waals surface area contributed by atoms with Crippen molar-refractivity contribution >= 4 is 9.24 Å². The van der Waals surface area contributed by atoms with Crippen LogP contribution in [0.2, 0.25) is 0 Å². The standard InChI is InChI=1S/C21H29P/c1-6-10-11-12-19(7-2)13-14-20(8-3)15-16-21(9-4)17-18(5)22/h6-11,13,15,17-18H,1-4,12,14,16,22H2,5H3/b11-10-,19-13?,20-15?,21-17?. The fraction of sp³-hybridized carbons (Fsp3) is 0.238. The first kappa shape index (κ1) is 20.3. The molecule has 0 radical (unpaired) electrons. The Morgan fingerprint density at radius 1 is 0.864 bits per heavy atom. The van der Waals surface area contributed by atoms with E-state index < -0.39 is 0 Å². The van der Waals surface area contributed by atoms with Gasteiger partial charge in [0.1, 0.15) is 0 Å². The summed E-state index contributed by atoms with van der Waals surface area (Å²) in [5.74, 6) is 0. The Bertz CT molecular complexity index is 496. The van der Waals surface area contributed by atoms with E-state index in [0.29, 0.717) is 5.66 Å². The Labute approximate surface area is 139 Å². The van der Waals surface area contributed by atoms with Crippen LogP contribution in [0.25, 0.3) is 0 Å². The van der Waals surface area contributed by atoms with Crippen LogP contribution in [0.15, 0.2) is 97.7 Å². The molecule has 0 bridgehead atoms. The van der Waals surface area contributed by atoms with Gasteiger partial charge < -0.3 is 0 Å². The van der Waals surface area contributed by atoms with Crippen LogP contribution in [-0.2, 0) is 0 Å². The highest BCUT2D eigenvalue weighted by molar-refractivity contribution is 7.17. The molecule has 0 heterocycles. The fourth-order valence-electron chi connectivity index (χ4n) is 1.86. The molecule has 0 aromatic heterocycles. The zero-order valence-corrected chi connectivity index (χ0v) is 15.0. The van der Waals surface area contributed by atoms with Crippen molar-refractivity contribution in [2.75, 3.05) is 0 Å². The number of allylic oxidation sites excluding steroid dienone is 12. The summed E-state index contributed by atoms with van der Waals surface area (Å²) >= 11 is 0. The summed E-state index contributed by atoms with van der Waals surface area (Å²) in [4.78, 5) is 0. The van der Waals surface area contributed by atoms with Gasteiger partial charge in [0.05, 0.1) is 0 Å². The van der Waals surface area contributed by atoms with Gasteiger partial charge in [-0.25, -0.2) is 0 Å². The molecule has 22 heavy (non-hydrogen) atoms. The number of rotatable bonds is 11. The second kappa shape index (κ2) is 13.0. The predicted molar refractivity (Wildman–Crippen MR) is 107 cm³/mol. The minimum atomic E-state index is 0.456. The van der Waals surface area contributed by atoms with Gasteiger partial charge in [-0.2, -0.15) is 0 Å². The molecule has 0 aliphatic heterocycles. The lowest BCUT2D eigenvalue weighted by molar-refractivity contribution is 1.14. The van der Waals surface area contributed by atoms with Gasteiger partial charge in [0.25, 0.3) is 0 Å². The van der Waals surface area contributed by atoms with Gasteiger partial charge in [0.2, 0.25) is 0 Å². The van der Waals surface area contributed by atoms with Crippen molar-refractivity contribution in [2.24, 2.45) is 0 Å². The van der Waals surface area contributed by atoms with Gasteiger partial charge in [-0.05, 0) is 41.6 Å². The first-order chi connectivity index (χ1) is 10.6. The molecule has 0 saturated carbocycles. The van der Waals surface area contributed by atoms with Crippen LogP contribution in [0, 0.1) is 0 Å². The topological polar surface area (TPSA) is 0 Å². The highest BCUT2D eigenvalue weighted by Crippen LogP contribution is 2.15. The van der Waals surface area contributed by atoms with Gasteiger partial charge in [0, 0.05) is 0 Å². The number of hydrogen-bond donors (Lipinski definition) is 0. The molecular formula is C21H29P. The van der Waals surface area contributed by atoms with Crippen LogP contribution < -0.4 is 0 Å². The molecule has 1 heteroatoms. The van der Waals surface area contributed by atoms with Gasteiger partial charge in [0.15, 0.2) is 0 Å². The second-order valence-corrected chi connectivity index (χ2v) is 6.10. The second-order valence-electron chi connectivity index (χ2n) is 5.05. The molecule has 0 aromatic carbocycles. The molecule has 0 fully saturated rings. The van der Waals surface area contributed by atoms with Crippen LogP contribution in [0.3, 0.4) is 0 Å². The first-order valence-electron chi connectivity index (χ1n) is 7.56. The predicted octanol–water partition coefficient (Wildman–Crippen LogP) is 6.50. The average molecular weight is 312 g/mol. The highest BCUT2D eigenvalue weighted by Gasteiger charge is 1.96. The molecule has 0 aliphatic rings. The molecule has 0 saturated heterocycles. The van der Waals surface area contributed by atoms with E-state index in [4.69, 9.17) is 0 Å². The molecule has 0 nitrogen and oxygen atoms in total. The molecule has 0 N–H and O–H groups in total. The summed E-state index contributed by atoms with van der Waals surface area (Å²) in [6.45, 7) is 17.5. The van der Waals surface area contributed by atoms with Gasteiger partial charge in [-0.3, -0.25) is 0 Å². The molecule has 0 amide bonds. The Morgan fingerprint density at radius 2 is 1.36 bits per heavy atom. The Kier molecular flexibility index (Phi) is 12.1. The van der Waals surface area contributed by atoms with E-state index in [2.05, 4.69) is 66.8 Å². The molecule has 0 rings (SSSR count). The zero-order chi connectivity index (χ0) is 16.8. The third-order valence-corrected chi connectivity index (χ3v) is 3.28. The van der Waals surface area contributed by atoms with Crippen molar-refractivity contribution < 1.29 is 0 Å². The normalized spacial score (nSPS) is 14.7. The van der Waals surface area contributed by atoms with E-state index in [1.807, 2.05) is 24.3 Å². The van der Waals surface area contributed by atoms with E-state index >= 15 is 0 Å². The van der Waals surface area contributed by atoms with Crippen molar-refractivity contribution in [3.63, 3.8) is 0 Å². The van der Waals surface area contributed by atoms with Crippen LogP contribution in [0.4, 0.5) is 0 Å². The molecule has 2 atom stereocenters. The monoisotopic (exact) mass is 312 g/mol. The van der Waals surface area contributed by atoms with E-state index in [0.717, 1.165) is 19.3 Å². The summed E-state index contributed by atoms with van der Waals surface area (Å²) in [6, 6.07) is 0. The summed E-state index contributed by atoms with van der Waals surface area (Å²) in [7, 11) is 2.78. The molecule has 2 unspecified atom stereocenters. The fourth-order valence-corrected chi connectivity index (χ4v) is 2.10. The third kappa shape index (κ3) is 10.1. The minimum absolute atomic E-state index is 0.456. The van der Waals surface area contributed by atoms with E-state index in [1.165, 1.54) is 16.7 Å². The van der Waals surface area contributed by atoms with Crippen molar-refractivity contribution in [1.82, 2.24) is 0 Å². The average Bonchev–Trinajstić information content (AvgIpc) is 2.51. The highest BCUT2D eigenvalue weighted by atomic mass is 31.0. The Morgan fingerprint density at radius 3 is 1.82 bits per heavy atom. The van der Waals surface area contributed by atoms with Gasteiger partial charge in [-0.15, -0.1) is 9.24 Å². The lowest BCUT2D eigenvalue weighted by Gasteiger charge is -2.04. The minimum Gasteiger partial charge on any atom is -0.131 e. The maximum atomic E-state index is 3.90. The molecule has 118 valence electrons. The van der Waals surface area contributed by atoms with Crippen LogP contribution in [0.5, 0.6) is 0 Å². The first-order valence-corrected chi connectivity index (χ1v) is 8.23. The Balaban J connectivity index is 4.82. The molecule has 0 aromatic rings. The van der Waals surface area contributed by atoms with Crippen LogP contribution >= 0.6 is 9.24 Å².